The number of carbonyl (C=O) groups excluding carboxylic acids is 1. The van der Waals surface area contributed by atoms with E-state index in [-0.39, 0.29) is 16.9 Å². The van der Waals surface area contributed by atoms with Crippen molar-refractivity contribution in [2.45, 2.75) is 54.9 Å². The highest BCUT2D eigenvalue weighted by Crippen LogP contribution is 2.58. The average molecular weight is 506 g/mol. The van der Waals surface area contributed by atoms with Gasteiger partial charge in [-0.05, 0) is 54.0 Å². The fourth-order valence-corrected chi connectivity index (χ4v) is 5.75. The minimum Gasteiger partial charge on any atom is -0.317 e. The summed E-state index contributed by atoms with van der Waals surface area (Å²) in [6.45, 7) is 1.71. The predicted octanol–water partition coefficient (Wildman–Crippen LogP) is 3.93. The molecule has 35 heavy (non-hydrogen) atoms. The number of Topliss-reactive ketones (excluding diaryl/α,β-unsaturated/α-hetero) is 1. The third-order valence-corrected chi connectivity index (χ3v) is 8.53. The lowest BCUT2D eigenvalue weighted by molar-refractivity contribution is -0.160. The average Bonchev–Trinajstić information content (AvgIpc) is 3.57. The molecular weight excluding hydrogens is 479 g/mol. The maximum atomic E-state index is 14.1. The van der Waals surface area contributed by atoms with Crippen molar-refractivity contribution in [3.63, 3.8) is 0 Å². The molecule has 0 bridgehead atoms. The zero-order chi connectivity index (χ0) is 25.8. The lowest BCUT2D eigenvalue weighted by Gasteiger charge is -2.32. The molecule has 2 aromatic carbocycles. The van der Waals surface area contributed by atoms with Crippen LogP contribution in [0.15, 0.2) is 53.4 Å². The molecule has 3 N–H and O–H groups in total. The molecule has 10 heteroatoms. The van der Waals surface area contributed by atoms with E-state index in [0.717, 1.165) is 6.26 Å². The van der Waals surface area contributed by atoms with Gasteiger partial charge in [0, 0.05) is 6.26 Å². The number of sulfone groups is 1. The van der Waals surface area contributed by atoms with E-state index in [0.29, 0.717) is 24.0 Å². The number of hydrogen-bond acceptors (Lipinski definition) is 6. The number of hydrogen-bond donors (Lipinski definition) is 2. The van der Waals surface area contributed by atoms with Crippen molar-refractivity contribution < 1.29 is 26.4 Å². The Morgan fingerprint density at radius 3 is 2.03 bits per heavy atom. The zero-order valence-corrected chi connectivity index (χ0v) is 20.1. The van der Waals surface area contributed by atoms with Gasteiger partial charge >= 0.3 is 6.18 Å². The second-order valence-corrected chi connectivity index (χ2v) is 11.7. The molecule has 2 unspecified atom stereocenters. The predicted molar refractivity (Wildman–Crippen MR) is 124 cm³/mol. The second-order valence-electron chi connectivity index (χ2n) is 9.68. The number of rotatable bonds is 6. The first-order valence-corrected chi connectivity index (χ1v) is 13.1. The number of benzene rings is 2. The van der Waals surface area contributed by atoms with Crippen LogP contribution in [0.5, 0.6) is 0 Å². The summed E-state index contributed by atoms with van der Waals surface area (Å²) >= 11 is 0. The van der Waals surface area contributed by atoms with Crippen LogP contribution < -0.4 is 11.1 Å². The maximum absolute atomic E-state index is 14.1. The number of nitriles is 1. The number of nitrogens with one attached hydrogen (secondary N) is 1. The number of nitrogens with zero attached hydrogens (tertiary/aromatic N) is 1. The Morgan fingerprint density at radius 2 is 1.60 bits per heavy atom. The summed E-state index contributed by atoms with van der Waals surface area (Å²) in [5.41, 5.74) is 5.15. The second kappa shape index (κ2) is 8.43. The van der Waals surface area contributed by atoms with E-state index >= 15 is 0 Å². The van der Waals surface area contributed by atoms with Gasteiger partial charge in [-0.1, -0.05) is 43.3 Å². The lowest BCUT2D eigenvalue weighted by Crippen LogP contribution is -2.58. The standard InChI is InChI=1S/C25H26F3N3O3S/c1-15-13-20(22(32)24(15,30)23(14-29)11-12-23)31-21(25(26,27)28)18-5-3-16(4-6-18)17-7-9-19(10-8-17)35(2,33)34/h3-10,15,20-21,31H,11-13,30H2,1-2H3/t15?,20-,21-,24?/m0/s1. The number of halogens is 3. The van der Waals surface area contributed by atoms with Crippen LogP contribution in [0.25, 0.3) is 11.1 Å². The van der Waals surface area contributed by atoms with E-state index in [2.05, 4.69) is 11.4 Å². The van der Waals surface area contributed by atoms with Crippen LogP contribution in [0.1, 0.15) is 37.8 Å². The van der Waals surface area contributed by atoms with E-state index in [1.165, 1.54) is 36.4 Å². The minimum atomic E-state index is -4.67. The number of carbonyl (C=O) groups is 1. The van der Waals surface area contributed by atoms with Gasteiger partial charge in [0.25, 0.3) is 0 Å². The van der Waals surface area contributed by atoms with E-state index in [9.17, 15) is 31.6 Å². The smallest absolute Gasteiger partial charge is 0.317 e. The van der Waals surface area contributed by atoms with Gasteiger partial charge in [-0.15, -0.1) is 0 Å². The molecule has 0 radical (unpaired) electrons. The van der Waals surface area contributed by atoms with Crippen molar-refractivity contribution in [1.82, 2.24) is 5.32 Å². The van der Waals surface area contributed by atoms with Crippen molar-refractivity contribution >= 4 is 15.6 Å². The Hall–Kier alpha value is -2.74. The summed E-state index contributed by atoms with van der Waals surface area (Å²) < 4.78 is 65.4. The molecule has 0 heterocycles. The van der Waals surface area contributed by atoms with Gasteiger partial charge in [-0.2, -0.15) is 18.4 Å². The number of alkyl halides is 3. The molecule has 0 amide bonds. The maximum Gasteiger partial charge on any atom is 0.407 e. The Balaban J connectivity index is 1.57. The Labute approximate surface area is 202 Å². The van der Waals surface area contributed by atoms with Crippen molar-refractivity contribution in [3.8, 4) is 17.2 Å². The topological polar surface area (TPSA) is 113 Å². The van der Waals surface area contributed by atoms with Crippen LogP contribution in [-0.2, 0) is 14.6 Å². The van der Waals surface area contributed by atoms with Gasteiger partial charge in [0.05, 0.1) is 28.0 Å². The van der Waals surface area contributed by atoms with Crippen LogP contribution in [0.3, 0.4) is 0 Å². The number of ketones is 1. The first kappa shape index (κ1) is 25.4. The third kappa shape index (κ3) is 4.37. The molecule has 0 spiro atoms. The van der Waals surface area contributed by atoms with Crippen molar-refractivity contribution in [3.05, 3.63) is 54.1 Å². The summed E-state index contributed by atoms with van der Waals surface area (Å²) in [5, 5.41) is 12.0. The molecule has 6 nitrogen and oxygen atoms in total. The summed E-state index contributed by atoms with van der Waals surface area (Å²) in [5.74, 6) is -0.971. The Kier molecular flexibility index (Phi) is 6.11. The van der Waals surface area contributed by atoms with Crippen molar-refractivity contribution in [2.24, 2.45) is 17.1 Å². The SMILES string of the molecule is CC1C[C@H](N[C@@H](c2ccc(-c3ccc(S(C)(=O)=O)cc3)cc2)C(F)(F)F)C(=O)C1(N)C1(C#N)CC1. The van der Waals surface area contributed by atoms with Gasteiger partial charge in [0.1, 0.15) is 6.04 Å². The van der Waals surface area contributed by atoms with Gasteiger partial charge in [0.15, 0.2) is 15.6 Å². The lowest BCUT2D eigenvalue weighted by atomic mass is 9.74. The molecule has 0 aliphatic heterocycles. The summed E-state index contributed by atoms with van der Waals surface area (Å²) in [7, 11) is -3.36. The van der Waals surface area contributed by atoms with Crippen LogP contribution >= 0.6 is 0 Å². The van der Waals surface area contributed by atoms with Crippen LogP contribution in [0.4, 0.5) is 13.2 Å². The molecule has 2 aliphatic rings. The molecule has 0 saturated heterocycles. The molecule has 2 fully saturated rings. The third-order valence-electron chi connectivity index (χ3n) is 7.40. The van der Waals surface area contributed by atoms with Crippen LogP contribution in [-0.4, -0.2) is 38.2 Å². The highest BCUT2D eigenvalue weighted by Gasteiger charge is 2.68. The first-order valence-electron chi connectivity index (χ1n) is 11.2. The molecule has 0 aromatic heterocycles. The summed E-state index contributed by atoms with van der Waals surface area (Å²) in [6, 6.07) is 10.7. The van der Waals surface area contributed by atoms with Crippen molar-refractivity contribution in [2.75, 3.05) is 6.26 Å². The molecule has 2 aromatic rings. The molecule has 4 atom stereocenters. The summed E-state index contributed by atoms with van der Waals surface area (Å²) in [6.07, 6.45) is -2.52. The Bertz CT molecular complexity index is 1280. The molecule has 2 aliphatic carbocycles. The Morgan fingerprint density at radius 1 is 1.09 bits per heavy atom. The van der Waals surface area contributed by atoms with Gasteiger partial charge < -0.3 is 5.73 Å². The van der Waals surface area contributed by atoms with E-state index in [4.69, 9.17) is 5.73 Å². The summed E-state index contributed by atoms with van der Waals surface area (Å²) in [4.78, 5) is 13.3. The van der Waals surface area contributed by atoms with E-state index < -0.39 is 50.8 Å². The minimum absolute atomic E-state index is 0.0644. The van der Waals surface area contributed by atoms with Gasteiger partial charge in [0.2, 0.25) is 0 Å². The largest absolute Gasteiger partial charge is 0.407 e. The van der Waals surface area contributed by atoms with Gasteiger partial charge in [-0.3, -0.25) is 10.1 Å². The van der Waals surface area contributed by atoms with Crippen molar-refractivity contribution in [1.29, 1.82) is 5.26 Å². The monoisotopic (exact) mass is 505 g/mol. The fraction of sp³-hybridized carbons (Fsp3) is 0.440. The molecule has 186 valence electrons. The first-order chi connectivity index (χ1) is 16.2. The fourth-order valence-electron chi connectivity index (χ4n) is 5.12. The molecule has 4 rings (SSSR count). The molecular formula is C25H26F3N3O3S. The number of nitrogens with two attached hydrogens (primary N) is 1. The van der Waals surface area contributed by atoms with Crippen LogP contribution in [0, 0.1) is 22.7 Å². The van der Waals surface area contributed by atoms with E-state index in [1.807, 2.05) is 0 Å². The van der Waals surface area contributed by atoms with E-state index in [1.54, 1.807) is 19.1 Å². The quantitative estimate of drug-likeness (QED) is 0.615. The van der Waals surface area contributed by atoms with Gasteiger partial charge in [-0.25, -0.2) is 8.42 Å². The highest BCUT2D eigenvalue weighted by atomic mass is 32.2. The molecule has 2 saturated carbocycles. The highest BCUT2D eigenvalue weighted by molar-refractivity contribution is 7.90. The zero-order valence-electron chi connectivity index (χ0n) is 19.3. The normalized spacial score (nSPS) is 26.8. The van der Waals surface area contributed by atoms with Crippen LogP contribution in [0.2, 0.25) is 0 Å².